The Labute approximate surface area is 224 Å². The van der Waals surface area contributed by atoms with Crippen molar-refractivity contribution < 1.29 is 13.5 Å². The van der Waals surface area contributed by atoms with Crippen molar-refractivity contribution in [1.29, 1.82) is 0 Å². The lowest BCUT2D eigenvalue weighted by Crippen LogP contribution is -2.34. The molecule has 5 nitrogen and oxygen atoms in total. The normalized spacial score (nSPS) is 14.5. The van der Waals surface area contributed by atoms with Crippen molar-refractivity contribution in [1.82, 2.24) is 14.9 Å². The van der Waals surface area contributed by atoms with Crippen LogP contribution in [0.2, 0.25) is 0 Å². The van der Waals surface area contributed by atoms with Crippen LogP contribution in [0.1, 0.15) is 28.3 Å². The number of nitrogens with zero attached hydrogens (tertiary/aromatic N) is 2. The van der Waals surface area contributed by atoms with Gasteiger partial charge in [-0.05, 0) is 66.4 Å². The number of methoxy groups -OCH3 is 1. The maximum atomic E-state index is 15.4. The van der Waals surface area contributed by atoms with Gasteiger partial charge >= 0.3 is 0 Å². The van der Waals surface area contributed by atoms with Crippen molar-refractivity contribution in [2.45, 2.75) is 30.8 Å². The SMILES string of the molecule is COc1cccc(-c2c(C)c(Cc3ccccc3F)c3n(c2=O)C(CNCCc2ccncc2)CS3)c1F. The number of fused-ring (bicyclic) bond motifs is 1. The fourth-order valence-electron chi connectivity index (χ4n) is 4.99. The minimum Gasteiger partial charge on any atom is -0.494 e. The van der Waals surface area contributed by atoms with E-state index >= 15 is 4.39 Å². The van der Waals surface area contributed by atoms with E-state index in [-0.39, 0.29) is 28.7 Å². The van der Waals surface area contributed by atoms with Crippen LogP contribution in [-0.2, 0) is 12.8 Å². The third-order valence-corrected chi connectivity index (χ3v) is 8.28. The van der Waals surface area contributed by atoms with E-state index < -0.39 is 5.82 Å². The monoisotopic (exact) mass is 533 g/mol. The number of aromatic nitrogens is 2. The van der Waals surface area contributed by atoms with Gasteiger partial charge in [0, 0.05) is 36.7 Å². The number of hydrogen-bond acceptors (Lipinski definition) is 5. The van der Waals surface area contributed by atoms with Crippen LogP contribution in [0, 0.1) is 18.6 Å². The quantitative estimate of drug-likeness (QED) is 0.285. The average Bonchev–Trinajstić information content (AvgIpc) is 3.35. The Morgan fingerprint density at radius 1 is 1.11 bits per heavy atom. The number of rotatable bonds is 9. The Bertz CT molecular complexity index is 1510. The van der Waals surface area contributed by atoms with Crippen molar-refractivity contribution in [2.24, 2.45) is 0 Å². The summed E-state index contributed by atoms with van der Waals surface area (Å²) in [6.45, 7) is 3.17. The zero-order chi connectivity index (χ0) is 26.6. The Kier molecular flexibility index (Phi) is 7.90. The van der Waals surface area contributed by atoms with Crippen molar-refractivity contribution in [2.75, 3.05) is 26.0 Å². The summed E-state index contributed by atoms with van der Waals surface area (Å²) in [6.07, 6.45) is 4.70. The second-order valence-electron chi connectivity index (χ2n) is 9.32. The van der Waals surface area contributed by atoms with Gasteiger partial charge in [0.25, 0.3) is 5.56 Å². The van der Waals surface area contributed by atoms with Gasteiger partial charge in [-0.3, -0.25) is 14.3 Å². The molecule has 0 fully saturated rings. The highest BCUT2D eigenvalue weighted by Crippen LogP contribution is 2.40. The lowest BCUT2D eigenvalue weighted by atomic mass is 9.94. The molecular weight excluding hydrogens is 504 g/mol. The molecule has 0 radical (unpaired) electrons. The first-order valence-electron chi connectivity index (χ1n) is 12.6. The standard InChI is InChI=1S/C30H29F2N3O2S/c1-19-24(16-21-6-3-4-8-25(21)31)30-35(29(36)27(19)23-7-5-9-26(37-2)28(23)32)22(18-38-30)17-34-15-12-20-10-13-33-14-11-20/h3-11,13-14,22,34H,12,15-18H2,1-2H3. The molecule has 0 saturated carbocycles. The van der Waals surface area contributed by atoms with E-state index in [0.29, 0.717) is 35.4 Å². The highest BCUT2D eigenvalue weighted by atomic mass is 32.2. The fourth-order valence-corrected chi connectivity index (χ4v) is 6.38. The van der Waals surface area contributed by atoms with E-state index in [2.05, 4.69) is 10.3 Å². The first-order chi connectivity index (χ1) is 18.5. The molecule has 0 amide bonds. The van der Waals surface area contributed by atoms with Crippen molar-refractivity contribution >= 4 is 11.8 Å². The lowest BCUT2D eigenvalue weighted by molar-refractivity contribution is 0.387. The number of pyridine rings is 2. The molecule has 4 aromatic rings. The fraction of sp³-hybridized carbons (Fsp3) is 0.267. The molecule has 2 aromatic carbocycles. The highest BCUT2D eigenvalue weighted by molar-refractivity contribution is 7.99. The second-order valence-corrected chi connectivity index (χ2v) is 10.3. The Hall–Kier alpha value is -3.49. The van der Waals surface area contributed by atoms with E-state index in [9.17, 15) is 9.18 Å². The number of benzene rings is 2. The number of hydrogen-bond donors (Lipinski definition) is 1. The van der Waals surface area contributed by atoms with Crippen LogP contribution in [0.25, 0.3) is 11.1 Å². The third-order valence-electron chi connectivity index (χ3n) is 7.01. The van der Waals surface area contributed by atoms with Crippen LogP contribution < -0.4 is 15.6 Å². The van der Waals surface area contributed by atoms with Crippen LogP contribution in [0.3, 0.4) is 0 Å². The zero-order valence-electron chi connectivity index (χ0n) is 21.3. The first-order valence-corrected chi connectivity index (χ1v) is 13.5. The average molecular weight is 534 g/mol. The summed E-state index contributed by atoms with van der Waals surface area (Å²) in [4.78, 5) is 18.1. The Balaban J connectivity index is 1.55. The predicted octanol–water partition coefficient (Wildman–Crippen LogP) is 5.58. The molecule has 196 valence electrons. The van der Waals surface area contributed by atoms with Gasteiger partial charge in [0.05, 0.1) is 23.7 Å². The summed E-state index contributed by atoms with van der Waals surface area (Å²) in [6, 6.07) is 15.3. The molecule has 0 aliphatic carbocycles. The summed E-state index contributed by atoms with van der Waals surface area (Å²) in [5, 5.41) is 4.30. The lowest BCUT2D eigenvalue weighted by Gasteiger charge is -2.21. The van der Waals surface area contributed by atoms with Gasteiger partial charge < -0.3 is 10.1 Å². The van der Waals surface area contributed by atoms with Crippen molar-refractivity contribution in [3.63, 3.8) is 0 Å². The van der Waals surface area contributed by atoms with Crippen LogP contribution in [0.5, 0.6) is 5.75 Å². The molecule has 1 atom stereocenters. The van der Waals surface area contributed by atoms with Gasteiger partial charge in [-0.15, -0.1) is 11.8 Å². The minimum atomic E-state index is -0.578. The second kappa shape index (κ2) is 11.5. The number of halogens is 2. The van der Waals surface area contributed by atoms with Gasteiger partial charge in [0.15, 0.2) is 11.6 Å². The molecule has 1 N–H and O–H groups in total. The molecule has 3 heterocycles. The smallest absolute Gasteiger partial charge is 0.260 e. The van der Waals surface area contributed by atoms with Gasteiger partial charge in [-0.25, -0.2) is 8.78 Å². The van der Waals surface area contributed by atoms with Crippen molar-refractivity contribution in [3.8, 4) is 16.9 Å². The highest BCUT2D eigenvalue weighted by Gasteiger charge is 2.31. The Morgan fingerprint density at radius 2 is 1.89 bits per heavy atom. The van der Waals surface area contributed by atoms with Crippen LogP contribution in [0.15, 0.2) is 76.8 Å². The van der Waals surface area contributed by atoms with E-state index in [1.807, 2.05) is 19.1 Å². The van der Waals surface area contributed by atoms with E-state index in [4.69, 9.17) is 4.74 Å². The maximum Gasteiger partial charge on any atom is 0.260 e. The summed E-state index contributed by atoms with van der Waals surface area (Å²) in [5.74, 6) is -0.106. The number of ether oxygens (including phenoxy) is 1. The summed E-state index contributed by atoms with van der Waals surface area (Å²) < 4.78 is 37.1. The molecule has 2 aromatic heterocycles. The van der Waals surface area contributed by atoms with Gasteiger partial charge in [0.2, 0.25) is 0 Å². The van der Waals surface area contributed by atoms with Crippen LogP contribution in [0.4, 0.5) is 8.78 Å². The van der Waals surface area contributed by atoms with Crippen molar-refractivity contribution in [3.05, 3.63) is 111 Å². The first kappa shape index (κ1) is 26.1. The summed E-state index contributed by atoms with van der Waals surface area (Å²) in [5.41, 5.74) is 3.47. The number of nitrogens with one attached hydrogen (secondary N) is 1. The van der Waals surface area contributed by atoms with E-state index in [1.165, 1.54) is 24.8 Å². The van der Waals surface area contributed by atoms with E-state index in [0.717, 1.165) is 23.6 Å². The maximum absolute atomic E-state index is 15.4. The molecule has 38 heavy (non-hydrogen) atoms. The van der Waals surface area contributed by atoms with Crippen LogP contribution in [-0.4, -0.2) is 35.5 Å². The molecule has 5 rings (SSSR count). The predicted molar refractivity (Wildman–Crippen MR) is 147 cm³/mol. The molecule has 1 unspecified atom stereocenters. The van der Waals surface area contributed by atoms with Gasteiger partial charge in [0.1, 0.15) is 5.82 Å². The number of thioether (sulfide) groups is 1. The Morgan fingerprint density at radius 3 is 2.66 bits per heavy atom. The molecular formula is C30H29F2N3O2S. The largest absolute Gasteiger partial charge is 0.494 e. The molecule has 8 heteroatoms. The summed E-state index contributed by atoms with van der Waals surface area (Å²) >= 11 is 1.60. The molecule has 0 saturated heterocycles. The van der Waals surface area contributed by atoms with Gasteiger partial charge in [-0.2, -0.15) is 0 Å². The van der Waals surface area contributed by atoms with E-state index in [1.54, 1.807) is 59.1 Å². The topological polar surface area (TPSA) is 56.1 Å². The molecule has 0 spiro atoms. The zero-order valence-corrected chi connectivity index (χ0v) is 22.2. The molecule has 1 aliphatic rings. The minimum absolute atomic E-state index is 0.0751. The van der Waals surface area contributed by atoms with Gasteiger partial charge in [-0.1, -0.05) is 30.3 Å². The van der Waals surface area contributed by atoms with Crippen LogP contribution >= 0.6 is 11.8 Å². The summed E-state index contributed by atoms with van der Waals surface area (Å²) in [7, 11) is 1.40. The molecule has 0 bridgehead atoms. The molecule has 1 aliphatic heterocycles. The third kappa shape index (κ3) is 5.11.